The van der Waals surface area contributed by atoms with Crippen LogP contribution in [0.5, 0.6) is 5.75 Å². The van der Waals surface area contributed by atoms with Crippen molar-refractivity contribution in [1.82, 2.24) is 21.0 Å². The van der Waals surface area contributed by atoms with Crippen molar-refractivity contribution in [1.29, 1.82) is 0 Å². The third-order valence-electron chi connectivity index (χ3n) is 3.34. The zero-order valence-corrected chi connectivity index (χ0v) is 15.4. The molecule has 0 aliphatic rings. The van der Waals surface area contributed by atoms with E-state index < -0.39 is 29.9 Å². The number of amides is 3. The Morgan fingerprint density at radius 1 is 1.07 bits per heavy atom. The average Bonchev–Trinajstić information content (AvgIpc) is 3.16. The van der Waals surface area contributed by atoms with Crippen LogP contribution in [-0.2, 0) is 0 Å². The number of hydrazine groups is 1. The third kappa shape index (κ3) is 5.85. The maximum absolute atomic E-state index is 12.2. The molecular formula is C17H11ClF3N5O4. The Morgan fingerprint density at radius 2 is 1.80 bits per heavy atom. The summed E-state index contributed by atoms with van der Waals surface area (Å²) < 4.78 is 45.1. The van der Waals surface area contributed by atoms with E-state index in [1.165, 1.54) is 18.2 Å². The van der Waals surface area contributed by atoms with Crippen molar-refractivity contribution in [2.24, 2.45) is 0 Å². The minimum atomic E-state index is -4.81. The number of urea groups is 1. The second-order valence-electron chi connectivity index (χ2n) is 5.54. The molecule has 0 spiro atoms. The van der Waals surface area contributed by atoms with Crippen LogP contribution in [0.15, 0.2) is 53.1 Å². The number of carbonyl (C=O) groups excluding carboxylic acids is 2. The van der Waals surface area contributed by atoms with Crippen molar-refractivity contribution in [3.05, 3.63) is 59.4 Å². The maximum atomic E-state index is 12.2. The molecule has 0 saturated carbocycles. The summed E-state index contributed by atoms with van der Waals surface area (Å²) in [7, 11) is 0. The fraction of sp³-hybridized carbons (Fsp3) is 0.0588. The standard InChI is InChI=1S/C17H11ClF3N5O4/c18-10-2-1-3-11(8-10)22-16(28)25-24-14(27)15-23-13(26-30-15)9-4-6-12(7-5-9)29-17(19,20)21/h1-8H,(H,24,27)(H2,22,25,28). The number of benzene rings is 2. The molecule has 2 aromatic carbocycles. The Morgan fingerprint density at radius 3 is 2.47 bits per heavy atom. The molecule has 156 valence electrons. The van der Waals surface area contributed by atoms with Gasteiger partial charge in [0, 0.05) is 16.3 Å². The number of carbonyl (C=O) groups is 2. The van der Waals surface area contributed by atoms with Gasteiger partial charge in [0.15, 0.2) is 0 Å². The smallest absolute Gasteiger partial charge is 0.406 e. The molecule has 0 atom stereocenters. The largest absolute Gasteiger partial charge is 0.573 e. The van der Waals surface area contributed by atoms with Gasteiger partial charge in [-0.3, -0.25) is 10.2 Å². The number of nitrogens with one attached hydrogen (secondary N) is 3. The van der Waals surface area contributed by atoms with Crippen LogP contribution in [0.2, 0.25) is 5.02 Å². The zero-order chi connectivity index (χ0) is 21.7. The van der Waals surface area contributed by atoms with E-state index in [0.29, 0.717) is 10.7 Å². The van der Waals surface area contributed by atoms with Gasteiger partial charge in [0.25, 0.3) is 0 Å². The predicted molar refractivity (Wildman–Crippen MR) is 97.5 cm³/mol. The quantitative estimate of drug-likeness (QED) is 0.530. The summed E-state index contributed by atoms with van der Waals surface area (Å²) in [5.74, 6) is -1.87. The van der Waals surface area contributed by atoms with Crippen LogP contribution in [0.4, 0.5) is 23.7 Å². The number of hydrogen-bond acceptors (Lipinski definition) is 6. The minimum absolute atomic E-state index is 0.0536. The van der Waals surface area contributed by atoms with E-state index in [9.17, 15) is 22.8 Å². The molecule has 1 heterocycles. The monoisotopic (exact) mass is 441 g/mol. The van der Waals surface area contributed by atoms with Crippen molar-refractivity contribution in [2.75, 3.05) is 5.32 Å². The first-order chi connectivity index (χ1) is 14.2. The van der Waals surface area contributed by atoms with Crippen LogP contribution in [0.1, 0.15) is 10.7 Å². The van der Waals surface area contributed by atoms with Gasteiger partial charge in [-0.15, -0.1) is 13.2 Å². The highest BCUT2D eigenvalue weighted by Gasteiger charge is 2.31. The van der Waals surface area contributed by atoms with Crippen molar-refractivity contribution < 1.29 is 32.0 Å². The van der Waals surface area contributed by atoms with Gasteiger partial charge in [0.05, 0.1) is 0 Å². The third-order valence-corrected chi connectivity index (χ3v) is 3.57. The highest BCUT2D eigenvalue weighted by Crippen LogP contribution is 2.25. The lowest BCUT2D eigenvalue weighted by molar-refractivity contribution is -0.274. The highest BCUT2D eigenvalue weighted by atomic mass is 35.5. The summed E-state index contributed by atoms with van der Waals surface area (Å²) in [4.78, 5) is 27.6. The molecule has 9 nitrogen and oxygen atoms in total. The van der Waals surface area contributed by atoms with E-state index in [1.807, 2.05) is 0 Å². The Bertz CT molecular complexity index is 1060. The summed E-state index contributed by atoms with van der Waals surface area (Å²) in [6, 6.07) is 10.2. The van der Waals surface area contributed by atoms with Crippen LogP contribution >= 0.6 is 11.6 Å². The fourth-order valence-corrected chi connectivity index (χ4v) is 2.32. The molecule has 3 aromatic rings. The van der Waals surface area contributed by atoms with E-state index in [1.54, 1.807) is 18.2 Å². The molecule has 0 bridgehead atoms. The summed E-state index contributed by atoms with van der Waals surface area (Å²) in [6.45, 7) is 0. The molecule has 30 heavy (non-hydrogen) atoms. The minimum Gasteiger partial charge on any atom is -0.406 e. The van der Waals surface area contributed by atoms with E-state index in [0.717, 1.165) is 12.1 Å². The summed E-state index contributed by atoms with van der Waals surface area (Å²) >= 11 is 5.80. The predicted octanol–water partition coefficient (Wildman–Crippen LogP) is 3.76. The zero-order valence-electron chi connectivity index (χ0n) is 14.7. The summed E-state index contributed by atoms with van der Waals surface area (Å²) in [5, 5.41) is 6.41. The maximum Gasteiger partial charge on any atom is 0.573 e. The number of alkyl halides is 3. The first-order valence-corrected chi connectivity index (χ1v) is 8.40. The number of aromatic nitrogens is 2. The first kappa shape index (κ1) is 20.9. The van der Waals surface area contributed by atoms with Gasteiger partial charge in [-0.25, -0.2) is 10.2 Å². The molecule has 3 rings (SSSR count). The van der Waals surface area contributed by atoms with E-state index in [4.69, 9.17) is 16.1 Å². The lowest BCUT2D eigenvalue weighted by Gasteiger charge is -2.08. The first-order valence-electron chi connectivity index (χ1n) is 8.02. The molecule has 0 aliphatic carbocycles. The number of ether oxygens (including phenoxy) is 1. The van der Waals surface area contributed by atoms with E-state index >= 15 is 0 Å². The number of rotatable bonds is 4. The van der Waals surface area contributed by atoms with E-state index in [-0.39, 0.29) is 11.4 Å². The second kappa shape index (κ2) is 8.69. The van der Waals surface area contributed by atoms with Gasteiger partial charge in [-0.2, -0.15) is 4.98 Å². The SMILES string of the molecule is O=C(NNC(=O)c1nc(-c2ccc(OC(F)(F)F)cc2)no1)Nc1cccc(Cl)c1. The molecule has 0 unspecified atom stereocenters. The Kier molecular flexibility index (Phi) is 6.06. The topological polar surface area (TPSA) is 118 Å². The highest BCUT2D eigenvalue weighted by molar-refractivity contribution is 6.30. The van der Waals surface area contributed by atoms with Crippen molar-refractivity contribution in [2.45, 2.75) is 6.36 Å². The van der Waals surface area contributed by atoms with Crippen LogP contribution in [0.3, 0.4) is 0 Å². The Labute approximate surface area is 171 Å². The Balaban J connectivity index is 1.56. The van der Waals surface area contributed by atoms with Gasteiger partial charge in [0.1, 0.15) is 5.75 Å². The molecule has 3 amide bonds. The van der Waals surface area contributed by atoms with Crippen LogP contribution in [0.25, 0.3) is 11.4 Å². The number of hydrogen-bond donors (Lipinski definition) is 3. The van der Waals surface area contributed by atoms with Crippen molar-refractivity contribution >= 4 is 29.2 Å². The molecule has 13 heteroatoms. The van der Waals surface area contributed by atoms with Gasteiger partial charge in [-0.1, -0.05) is 22.8 Å². The van der Waals surface area contributed by atoms with E-state index in [2.05, 4.69) is 31.0 Å². The van der Waals surface area contributed by atoms with Crippen LogP contribution in [-0.4, -0.2) is 28.4 Å². The number of halogens is 4. The normalized spacial score (nSPS) is 10.9. The Hall–Kier alpha value is -3.80. The average molecular weight is 442 g/mol. The summed E-state index contributed by atoms with van der Waals surface area (Å²) in [6.07, 6.45) is -4.81. The molecule has 3 N–H and O–H groups in total. The fourth-order valence-electron chi connectivity index (χ4n) is 2.13. The number of nitrogens with zero attached hydrogens (tertiary/aromatic N) is 2. The molecule has 0 fully saturated rings. The second-order valence-corrected chi connectivity index (χ2v) is 5.98. The molecule has 0 radical (unpaired) electrons. The molecule has 1 aromatic heterocycles. The van der Waals surface area contributed by atoms with Crippen molar-refractivity contribution in [3.8, 4) is 17.1 Å². The lowest BCUT2D eigenvalue weighted by Crippen LogP contribution is -2.44. The van der Waals surface area contributed by atoms with Gasteiger partial charge in [-0.05, 0) is 42.5 Å². The van der Waals surface area contributed by atoms with Crippen LogP contribution in [0, 0.1) is 0 Å². The van der Waals surface area contributed by atoms with Gasteiger partial charge >= 0.3 is 24.2 Å². The number of anilines is 1. The lowest BCUT2D eigenvalue weighted by atomic mass is 10.2. The summed E-state index contributed by atoms with van der Waals surface area (Å²) in [5.41, 5.74) is 4.81. The molecular weight excluding hydrogens is 431 g/mol. The van der Waals surface area contributed by atoms with Gasteiger partial charge < -0.3 is 14.6 Å². The molecule has 0 saturated heterocycles. The van der Waals surface area contributed by atoms with Gasteiger partial charge in [0.2, 0.25) is 5.82 Å². The van der Waals surface area contributed by atoms with Crippen molar-refractivity contribution in [3.63, 3.8) is 0 Å². The van der Waals surface area contributed by atoms with Crippen LogP contribution < -0.4 is 20.9 Å². The molecule has 0 aliphatic heterocycles.